The third kappa shape index (κ3) is 3.01. The SMILES string of the molecule is COc1nc(C(O)CC(O)CO)nc2ccc(F)cc12. The van der Waals surface area contributed by atoms with E-state index in [1.165, 1.54) is 25.3 Å². The van der Waals surface area contributed by atoms with Gasteiger partial charge in [-0.15, -0.1) is 0 Å². The fraction of sp³-hybridized carbons (Fsp3) is 0.385. The van der Waals surface area contributed by atoms with E-state index < -0.39 is 24.6 Å². The van der Waals surface area contributed by atoms with Crippen molar-refractivity contribution in [1.29, 1.82) is 0 Å². The Morgan fingerprint density at radius 3 is 2.70 bits per heavy atom. The predicted octanol–water partition coefficient (Wildman–Crippen LogP) is 0.554. The third-order valence-corrected chi connectivity index (χ3v) is 2.84. The molecule has 1 aromatic heterocycles. The fourth-order valence-corrected chi connectivity index (χ4v) is 1.83. The molecule has 7 heteroatoms. The molecule has 6 nitrogen and oxygen atoms in total. The maximum atomic E-state index is 13.2. The first kappa shape index (κ1) is 14.6. The minimum Gasteiger partial charge on any atom is -0.480 e. The Hall–Kier alpha value is -1.83. The standard InChI is InChI=1S/C13H15FN2O4/c1-20-13-9-4-7(14)2-3-10(9)15-12(16-13)11(19)5-8(18)6-17/h2-4,8,11,17-19H,5-6H2,1H3. The lowest BCUT2D eigenvalue weighted by Gasteiger charge is -2.14. The second kappa shape index (κ2) is 6.08. The fourth-order valence-electron chi connectivity index (χ4n) is 1.83. The molecular formula is C13H15FN2O4. The molecule has 2 rings (SSSR count). The van der Waals surface area contributed by atoms with E-state index in [4.69, 9.17) is 9.84 Å². The lowest BCUT2D eigenvalue weighted by molar-refractivity contribution is 0.0382. The summed E-state index contributed by atoms with van der Waals surface area (Å²) in [6, 6.07) is 3.94. The van der Waals surface area contributed by atoms with E-state index in [0.29, 0.717) is 10.9 Å². The highest BCUT2D eigenvalue weighted by Gasteiger charge is 2.18. The topological polar surface area (TPSA) is 95.7 Å². The van der Waals surface area contributed by atoms with Crippen LogP contribution in [0, 0.1) is 5.82 Å². The number of fused-ring (bicyclic) bond motifs is 1. The number of nitrogens with zero attached hydrogens (tertiary/aromatic N) is 2. The molecule has 0 bridgehead atoms. The van der Waals surface area contributed by atoms with Gasteiger partial charge >= 0.3 is 0 Å². The molecule has 2 aromatic rings. The summed E-state index contributed by atoms with van der Waals surface area (Å²) in [6.07, 6.45) is -2.32. The molecule has 0 saturated heterocycles. The molecule has 1 heterocycles. The van der Waals surface area contributed by atoms with Crippen LogP contribution in [0.2, 0.25) is 0 Å². The molecule has 0 radical (unpaired) electrons. The van der Waals surface area contributed by atoms with Gasteiger partial charge in [0.05, 0.1) is 30.7 Å². The highest BCUT2D eigenvalue weighted by molar-refractivity contribution is 5.83. The normalized spacial score (nSPS) is 14.2. The maximum absolute atomic E-state index is 13.2. The molecule has 3 N–H and O–H groups in total. The van der Waals surface area contributed by atoms with E-state index in [9.17, 15) is 14.6 Å². The molecule has 20 heavy (non-hydrogen) atoms. The number of aliphatic hydroxyl groups is 3. The van der Waals surface area contributed by atoms with Crippen molar-refractivity contribution in [1.82, 2.24) is 9.97 Å². The molecule has 0 amide bonds. The van der Waals surface area contributed by atoms with Crippen molar-refractivity contribution < 1.29 is 24.4 Å². The summed E-state index contributed by atoms with van der Waals surface area (Å²) in [6.45, 7) is -0.465. The predicted molar refractivity (Wildman–Crippen MR) is 68.7 cm³/mol. The van der Waals surface area contributed by atoms with Crippen LogP contribution in [0.25, 0.3) is 10.9 Å². The van der Waals surface area contributed by atoms with Crippen molar-refractivity contribution in [3.05, 3.63) is 29.8 Å². The monoisotopic (exact) mass is 282 g/mol. The van der Waals surface area contributed by atoms with E-state index in [1.807, 2.05) is 0 Å². The number of benzene rings is 1. The van der Waals surface area contributed by atoms with Crippen LogP contribution in [0.4, 0.5) is 4.39 Å². The first-order valence-corrected chi connectivity index (χ1v) is 6.03. The summed E-state index contributed by atoms with van der Waals surface area (Å²) in [5.41, 5.74) is 0.422. The zero-order chi connectivity index (χ0) is 14.7. The molecule has 2 unspecified atom stereocenters. The Morgan fingerprint density at radius 1 is 1.30 bits per heavy atom. The lowest BCUT2D eigenvalue weighted by atomic mass is 10.1. The van der Waals surface area contributed by atoms with Crippen LogP contribution in [0.1, 0.15) is 18.3 Å². The van der Waals surface area contributed by atoms with Gasteiger partial charge in [0.25, 0.3) is 0 Å². The van der Waals surface area contributed by atoms with Gasteiger partial charge in [-0.3, -0.25) is 0 Å². The first-order chi connectivity index (χ1) is 9.55. The number of ether oxygens (including phenoxy) is 1. The number of halogens is 1. The molecule has 0 fully saturated rings. The second-order valence-electron chi connectivity index (χ2n) is 4.34. The van der Waals surface area contributed by atoms with E-state index in [2.05, 4.69) is 9.97 Å². The zero-order valence-corrected chi connectivity index (χ0v) is 10.8. The van der Waals surface area contributed by atoms with E-state index in [1.54, 1.807) is 0 Å². The summed E-state index contributed by atoms with van der Waals surface area (Å²) in [5.74, 6) is -0.251. The average Bonchev–Trinajstić information content (AvgIpc) is 2.45. The molecule has 1 aromatic carbocycles. The lowest BCUT2D eigenvalue weighted by Crippen LogP contribution is -2.18. The number of aliphatic hydroxyl groups excluding tert-OH is 3. The Kier molecular flexibility index (Phi) is 4.43. The summed E-state index contributed by atoms with van der Waals surface area (Å²) in [4.78, 5) is 8.12. The smallest absolute Gasteiger partial charge is 0.224 e. The molecule has 108 valence electrons. The molecule has 0 aliphatic rings. The number of hydrogen-bond donors (Lipinski definition) is 3. The van der Waals surface area contributed by atoms with E-state index in [-0.39, 0.29) is 18.1 Å². The number of rotatable bonds is 5. The van der Waals surface area contributed by atoms with Crippen molar-refractivity contribution in [2.45, 2.75) is 18.6 Å². The second-order valence-corrected chi connectivity index (χ2v) is 4.34. The van der Waals surface area contributed by atoms with Gasteiger partial charge in [0.2, 0.25) is 5.88 Å². The van der Waals surface area contributed by atoms with Gasteiger partial charge < -0.3 is 20.1 Å². The van der Waals surface area contributed by atoms with Crippen LogP contribution in [0.5, 0.6) is 5.88 Å². The summed E-state index contributed by atoms with van der Waals surface area (Å²) in [5, 5.41) is 28.4. The Bertz CT molecular complexity index is 608. The van der Waals surface area contributed by atoms with Crippen molar-refractivity contribution in [2.75, 3.05) is 13.7 Å². The van der Waals surface area contributed by atoms with Gasteiger partial charge in [-0.1, -0.05) is 0 Å². The van der Waals surface area contributed by atoms with E-state index in [0.717, 1.165) is 0 Å². The maximum Gasteiger partial charge on any atom is 0.224 e. The molecule has 2 atom stereocenters. The van der Waals surface area contributed by atoms with Gasteiger partial charge in [0, 0.05) is 6.42 Å². The van der Waals surface area contributed by atoms with Gasteiger partial charge in [-0.25, -0.2) is 9.37 Å². The van der Waals surface area contributed by atoms with Crippen LogP contribution < -0.4 is 4.74 Å². The molecule has 0 aliphatic carbocycles. The number of hydrogen-bond acceptors (Lipinski definition) is 6. The quantitative estimate of drug-likeness (QED) is 0.741. The largest absolute Gasteiger partial charge is 0.480 e. The number of aromatic nitrogens is 2. The van der Waals surface area contributed by atoms with Crippen molar-refractivity contribution in [3.8, 4) is 5.88 Å². The minimum absolute atomic E-state index is 0.0495. The van der Waals surface area contributed by atoms with Crippen LogP contribution in [-0.2, 0) is 0 Å². The first-order valence-electron chi connectivity index (χ1n) is 6.03. The van der Waals surface area contributed by atoms with Crippen molar-refractivity contribution in [2.24, 2.45) is 0 Å². The summed E-state index contributed by atoms with van der Waals surface area (Å²) < 4.78 is 18.3. The van der Waals surface area contributed by atoms with Crippen LogP contribution >= 0.6 is 0 Å². The van der Waals surface area contributed by atoms with Gasteiger partial charge in [-0.2, -0.15) is 4.98 Å². The molecule has 0 aliphatic heterocycles. The van der Waals surface area contributed by atoms with Gasteiger partial charge in [0.1, 0.15) is 11.9 Å². The molecular weight excluding hydrogens is 267 g/mol. The minimum atomic E-state index is -1.15. The van der Waals surface area contributed by atoms with Crippen molar-refractivity contribution in [3.63, 3.8) is 0 Å². The van der Waals surface area contributed by atoms with Crippen LogP contribution in [-0.4, -0.2) is 45.1 Å². The third-order valence-electron chi connectivity index (χ3n) is 2.84. The van der Waals surface area contributed by atoms with Gasteiger partial charge in [-0.05, 0) is 18.2 Å². The highest BCUT2D eigenvalue weighted by Crippen LogP contribution is 2.26. The zero-order valence-electron chi connectivity index (χ0n) is 10.8. The van der Waals surface area contributed by atoms with Gasteiger partial charge in [0.15, 0.2) is 5.82 Å². The van der Waals surface area contributed by atoms with Crippen molar-refractivity contribution >= 4 is 10.9 Å². The average molecular weight is 282 g/mol. The highest BCUT2D eigenvalue weighted by atomic mass is 19.1. The van der Waals surface area contributed by atoms with E-state index >= 15 is 0 Å². The summed E-state index contributed by atoms with van der Waals surface area (Å²) in [7, 11) is 1.38. The van der Waals surface area contributed by atoms with Crippen LogP contribution in [0.3, 0.4) is 0 Å². The Labute approximate surface area is 114 Å². The summed E-state index contributed by atoms with van der Waals surface area (Å²) >= 11 is 0. The van der Waals surface area contributed by atoms with Crippen LogP contribution in [0.15, 0.2) is 18.2 Å². The Morgan fingerprint density at radius 2 is 2.05 bits per heavy atom. The Balaban J connectivity index is 2.43. The molecule has 0 saturated carbocycles. The number of methoxy groups -OCH3 is 1. The molecule has 0 spiro atoms.